The van der Waals surface area contributed by atoms with Gasteiger partial charge in [0.2, 0.25) is 0 Å². The number of rotatable bonds is 1. The molecule has 0 aliphatic carbocycles. The first-order valence-corrected chi connectivity index (χ1v) is 5.37. The molecular weight excluding hydrogens is 212 g/mol. The molecule has 0 radical (unpaired) electrons. The number of hydrogen-bond donors (Lipinski definition) is 1. The molecule has 2 N–H and O–H groups in total. The average molecular weight is 224 g/mol. The van der Waals surface area contributed by atoms with Crippen LogP contribution >= 0.6 is 0 Å². The first-order chi connectivity index (χ1) is 8.27. The second-order valence-electron chi connectivity index (χ2n) is 3.99. The molecule has 0 saturated heterocycles. The fourth-order valence-corrected chi connectivity index (χ4v) is 2.01. The van der Waals surface area contributed by atoms with Crippen molar-refractivity contribution in [3.05, 3.63) is 43.0 Å². The van der Waals surface area contributed by atoms with Gasteiger partial charge in [0.15, 0.2) is 0 Å². The molecule has 0 unspecified atom stereocenters. The van der Waals surface area contributed by atoms with Crippen LogP contribution in [-0.2, 0) is 7.05 Å². The van der Waals surface area contributed by atoms with Crippen LogP contribution in [-0.4, -0.2) is 14.5 Å². The van der Waals surface area contributed by atoms with Crippen molar-refractivity contribution in [3.63, 3.8) is 0 Å². The number of nitrogens with two attached hydrogens (primary N) is 1. The zero-order valence-electron chi connectivity index (χ0n) is 9.46. The number of hydrogen-bond acceptors (Lipinski definition) is 3. The minimum absolute atomic E-state index is 0.721. The van der Waals surface area contributed by atoms with Crippen LogP contribution in [0.2, 0.25) is 0 Å². The Morgan fingerprint density at radius 2 is 2.06 bits per heavy atom. The summed E-state index contributed by atoms with van der Waals surface area (Å²) in [5.74, 6) is 0. The number of anilines is 1. The molecule has 0 fully saturated rings. The van der Waals surface area contributed by atoms with Crippen molar-refractivity contribution in [3.8, 4) is 11.1 Å². The van der Waals surface area contributed by atoms with E-state index in [-0.39, 0.29) is 0 Å². The van der Waals surface area contributed by atoms with Crippen LogP contribution < -0.4 is 5.73 Å². The van der Waals surface area contributed by atoms with Crippen molar-refractivity contribution in [2.24, 2.45) is 7.05 Å². The maximum atomic E-state index is 5.98. The number of nitrogen functional groups attached to an aromatic ring is 1. The molecule has 0 atom stereocenters. The van der Waals surface area contributed by atoms with E-state index < -0.39 is 0 Å². The van der Waals surface area contributed by atoms with E-state index in [2.05, 4.69) is 9.97 Å². The quantitative estimate of drug-likeness (QED) is 0.689. The minimum atomic E-state index is 0.721. The second-order valence-corrected chi connectivity index (χ2v) is 3.99. The van der Waals surface area contributed by atoms with Gasteiger partial charge in [0.25, 0.3) is 0 Å². The summed E-state index contributed by atoms with van der Waals surface area (Å²) in [5, 5.41) is 0. The smallest absolute Gasteiger partial charge is 0.0964 e. The first-order valence-electron chi connectivity index (χ1n) is 5.37. The molecule has 4 nitrogen and oxygen atoms in total. The lowest BCUT2D eigenvalue weighted by Crippen LogP contribution is -1.91. The normalized spacial score (nSPS) is 10.9. The van der Waals surface area contributed by atoms with Gasteiger partial charge in [-0.3, -0.25) is 4.98 Å². The summed E-state index contributed by atoms with van der Waals surface area (Å²) in [6.07, 6.45) is 5.27. The molecule has 0 aliphatic heterocycles. The third-order valence-corrected chi connectivity index (χ3v) is 2.90. The standard InChI is InChI=1S/C13H12N4/c1-17-8-16-13-9(3-2-4-12(13)17)10-7-15-6-5-11(10)14/h2-8H,1H3,(H2,14,15). The Morgan fingerprint density at radius 1 is 1.18 bits per heavy atom. The highest BCUT2D eigenvalue weighted by molar-refractivity contribution is 5.95. The molecule has 0 spiro atoms. The van der Waals surface area contributed by atoms with Gasteiger partial charge in [-0.25, -0.2) is 4.98 Å². The van der Waals surface area contributed by atoms with Crippen LogP contribution in [0, 0.1) is 0 Å². The lowest BCUT2D eigenvalue weighted by molar-refractivity contribution is 0.948. The molecule has 3 aromatic rings. The molecular formula is C13H12N4. The Kier molecular flexibility index (Phi) is 2.08. The largest absolute Gasteiger partial charge is 0.398 e. The highest BCUT2D eigenvalue weighted by Crippen LogP contribution is 2.30. The number of para-hydroxylation sites is 1. The predicted octanol–water partition coefficient (Wildman–Crippen LogP) is 2.22. The van der Waals surface area contributed by atoms with E-state index in [9.17, 15) is 0 Å². The summed E-state index contributed by atoms with van der Waals surface area (Å²) in [6, 6.07) is 7.87. The van der Waals surface area contributed by atoms with E-state index >= 15 is 0 Å². The molecule has 1 aromatic carbocycles. The molecule has 4 heteroatoms. The van der Waals surface area contributed by atoms with Crippen molar-refractivity contribution in [1.82, 2.24) is 14.5 Å². The van der Waals surface area contributed by atoms with E-state index in [1.165, 1.54) is 0 Å². The summed E-state index contributed by atoms with van der Waals surface area (Å²) in [7, 11) is 1.98. The number of fused-ring (bicyclic) bond motifs is 1. The maximum absolute atomic E-state index is 5.98. The first kappa shape index (κ1) is 9.84. The number of aryl methyl sites for hydroxylation is 1. The number of pyridine rings is 1. The Bertz CT molecular complexity index is 685. The Morgan fingerprint density at radius 3 is 2.88 bits per heavy atom. The Labute approximate surface area is 98.7 Å². The Hall–Kier alpha value is -2.36. The lowest BCUT2D eigenvalue weighted by atomic mass is 10.0. The van der Waals surface area contributed by atoms with Gasteiger partial charge in [-0.05, 0) is 12.1 Å². The van der Waals surface area contributed by atoms with Crippen molar-refractivity contribution in [1.29, 1.82) is 0 Å². The zero-order chi connectivity index (χ0) is 11.8. The van der Waals surface area contributed by atoms with Crippen LogP contribution in [0.4, 0.5) is 5.69 Å². The van der Waals surface area contributed by atoms with Gasteiger partial charge in [-0.15, -0.1) is 0 Å². The van der Waals surface area contributed by atoms with Crippen molar-refractivity contribution in [2.75, 3.05) is 5.73 Å². The van der Waals surface area contributed by atoms with Crippen LogP contribution in [0.25, 0.3) is 22.2 Å². The number of benzene rings is 1. The Balaban J connectivity index is 2.35. The van der Waals surface area contributed by atoms with Gasteiger partial charge >= 0.3 is 0 Å². The van der Waals surface area contributed by atoms with Gasteiger partial charge in [0, 0.05) is 36.3 Å². The third-order valence-electron chi connectivity index (χ3n) is 2.90. The van der Waals surface area contributed by atoms with Crippen LogP contribution in [0.1, 0.15) is 0 Å². The monoisotopic (exact) mass is 224 g/mol. The predicted molar refractivity (Wildman–Crippen MR) is 68.4 cm³/mol. The molecule has 2 aromatic heterocycles. The molecule has 84 valence electrons. The van der Waals surface area contributed by atoms with Gasteiger partial charge in [-0.2, -0.15) is 0 Å². The molecule has 0 aliphatic rings. The molecule has 2 heterocycles. The van der Waals surface area contributed by atoms with E-state index in [1.54, 1.807) is 24.8 Å². The van der Waals surface area contributed by atoms with Crippen LogP contribution in [0.5, 0.6) is 0 Å². The third kappa shape index (κ3) is 1.45. The molecule has 3 rings (SSSR count). The fraction of sp³-hybridized carbons (Fsp3) is 0.0769. The highest BCUT2D eigenvalue weighted by atomic mass is 15.0. The summed E-state index contributed by atoms with van der Waals surface area (Å²) in [6.45, 7) is 0. The maximum Gasteiger partial charge on any atom is 0.0964 e. The average Bonchev–Trinajstić information content (AvgIpc) is 2.72. The van der Waals surface area contributed by atoms with Gasteiger partial charge < -0.3 is 10.3 Å². The van der Waals surface area contributed by atoms with E-state index in [4.69, 9.17) is 5.73 Å². The fourth-order valence-electron chi connectivity index (χ4n) is 2.01. The molecule has 0 bridgehead atoms. The van der Waals surface area contributed by atoms with Gasteiger partial charge in [0.1, 0.15) is 0 Å². The summed E-state index contributed by atoms with van der Waals surface area (Å²) < 4.78 is 1.99. The van der Waals surface area contributed by atoms with Crippen LogP contribution in [0.3, 0.4) is 0 Å². The van der Waals surface area contributed by atoms with Crippen molar-refractivity contribution in [2.45, 2.75) is 0 Å². The van der Waals surface area contributed by atoms with Gasteiger partial charge in [-0.1, -0.05) is 12.1 Å². The highest BCUT2D eigenvalue weighted by Gasteiger charge is 2.09. The minimum Gasteiger partial charge on any atom is -0.398 e. The van der Waals surface area contributed by atoms with E-state index in [1.807, 2.05) is 29.8 Å². The lowest BCUT2D eigenvalue weighted by Gasteiger charge is -2.05. The second kappa shape index (κ2) is 3.59. The van der Waals surface area contributed by atoms with E-state index in [0.29, 0.717) is 0 Å². The molecule has 0 amide bonds. The number of imidazole rings is 1. The SMILES string of the molecule is Cn1cnc2c(-c3cnccc3N)cccc21. The molecule has 0 saturated carbocycles. The summed E-state index contributed by atoms with van der Waals surface area (Å²) in [4.78, 5) is 8.54. The van der Waals surface area contributed by atoms with E-state index in [0.717, 1.165) is 27.8 Å². The topological polar surface area (TPSA) is 56.7 Å². The zero-order valence-corrected chi connectivity index (χ0v) is 9.46. The summed E-state index contributed by atoms with van der Waals surface area (Å²) in [5.41, 5.74) is 10.7. The van der Waals surface area contributed by atoms with Crippen LogP contribution in [0.15, 0.2) is 43.0 Å². The number of aromatic nitrogens is 3. The summed E-state index contributed by atoms with van der Waals surface area (Å²) >= 11 is 0. The van der Waals surface area contributed by atoms with Gasteiger partial charge in [0.05, 0.1) is 17.4 Å². The molecule has 17 heavy (non-hydrogen) atoms. The number of nitrogens with zero attached hydrogens (tertiary/aromatic N) is 3. The van der Waals surface area contributed by atoms with Crippen molar-refractivity contribution < 1.29 is 0 Å². The van der Waals surface area contributed by atoms with Crippen molar-refractivity contribution >= 4 is 16.7 Å².